The molecule has 0 saturated carbocycles. The predicted octanol–water partition coefficient (Wildman–Crippen LogP) is 6.51. The largest absolute Gasteiger partial charge is 0.504 e. The van der Waals surface area contributed by atoms with E-state index >= 15 is 0 Å². The summed E-state index contributed by atoms with van der Waals surface area (Å²) >= 11 is 0. The highest BCUT2D eigenvalue weighted by Crippen LogP contribution is 2.26. The van der Waals surface area contributed by atoms with E-state index < -0.39 is 0 Å². The summed E-state index contributed by atoms with van der Waals surface area (Å²) in [4.78, 5) is 25.8. The SMILES string of the molecule is CCCCCCCCC(=O)NCc1ccc(O)c(OC)c1.CCN(CC)C(C)CC(=O)Nc1ccccc1. The van der Waals surface area contributed by atoms with Crippen LogP contribution in [0.15, 0.2) is 48.5 Å². The molecule has 0 radical (unpaired) electrons. The van der Waals surface area contributed by atoms with Crippen molar-refractivity contribution in [1.82, 2.24) is 10.2 Å². The normalized spacial score (nSPS) is 11.3. The number of hydrogen-bond donors (Lipinski definition) is 3. The zero-order valence-electron chi connectivity index (χ0n) is 24.1. The molecule has 0 bridgehead atoms. The smallest absolute Gasteiger partial charge is 0.225 e. The van der Waals surface area contributed by atoms with Crippen LogP contribution >= 0.6 is 0 Å². The second-order valence-electron chi connectivity index (χ2n) is 9.49. The Bertz CT molecular complexity index is 917. The van der Waals surface area contributed by atoms with Crippen LogP contribution < -0.4 is 15.4 Å². The van der Waals surface area contributed by atoms with Crippen molar-refractivity contribution < 1.29 is 19.4 Å². The number of nitrogens with zero attached hydrogens (tertiary/aromatic N) is 1. The molecule has 1 atom stereocenters. The number of unbranched alkanes of at least 4 members (excludes halogenated alkanes) is 5. The molecule has 7 heteroatoms. The molecule has 0 aliphatic heterocycles. The molecule has 0 saturated heterocycles. The Labute approximate surface area is 230 Å². The lowest BCUT2D eigenvalue weighted by Crippen LogP contribution is -2.35. The number of carbonyl (C=O) groups is 2. The van der Waals surface area contributed by atoms with Gasteiger partial charge < -0.3 is 25.4 Å². The molecule has 0 aromatic heterocycles. The van der Waals surface area contributed by atoms with Crippen LogP contribution in [0.3, 0.4) is 0 Å². The molecule has 0 aliphatic rings. The third-order valence-electron chi connectivity index (χ3n) is 6.47. The number of phenols is 1. The highest BCUT2D eigenvalue weighted by molar-refractivity contribution is 5.91. The molecule has 1 unspecified atom stereocenters. The van der Waals surface area contributed by atoms with Crippen molar-refractivity contribution in [3.05, 3.63) is 54.1 Å². The average Bonchev–Trinajstić information content (AvgIpc) is 2.91. The van der Waals surface area contributed by atoms with E-state index in [4.69, 9.17) is 4.74 Å². The van der Waals surface area contributed by atoms with Gasteiger partial charge in [-0.25, -0.2) is 0 Å². The van der Waals surface area contributed by atoms with E-state index in [0.29, 0.717) is 25.1 Å². The molecule has 2 rings (SSSR count). The number of anilines is 1. The molecular weight excluding hydrogens is 478 g/mol. The quantitative estimate of drug-likeness (QED) is 0.216. The van der Waals surface area contributed by atoms with Crippen LogP contribution in [-0.2, 0) is 16.1 Å². The van der Waals surface area contributed by atoms with E-state index in [-0.39, 0.29) is 23.6 Å². The summed E-state index contributed by atoms with van der Waals surface area (Å²) in [5, 5.41) is 15.3. The molecule has 0 heterocycles. The van der Waals surface area contributed by atoms with Gasteiger partial charge >= 0.3 is 0 Å². The van der Waals surface area contributed by atoms with Crippen molar-refractivity contribution in [1.29, 1.82) is 0 Å². The maximum absolute atomic E-state index is 11.8. The minimum absolute atomic E-state index is 0.0793. The van der Waals surface area contributed by atoms with Gasteiger partial charge in [0, 0.05) is 31.1 Å². The number of hydrogen-bond acceptors (Lipinski definition) is 5. The third-order valence-corrected chi connectivity index (χ3v) is 6.47. The van der Waals surface area contributed by atoms with Gasteiger partial charge in [0.15, 0.2) is 11.5 Å². The van der Waals surface area contributed by atoms with Crippen molar-refractivity contribution in [2.45, 2.75) is 91.6 Å². The van der Waals surface area contributed by atoms with Gasteiger partial charge in [-0.15, -0.1) is 0 Å². The van der Waals surface area contributed by atoms with Crippen molar-refractivity contribution in [2.24, 2.45) is 0 Å². The summed E-state index contributed by atoms with van der Waals surface area (Å²) in [5.41, 5.74) is 1.78. The van der Waals surface area contributed by atoms with Crippen LogP contribution in [0, 0.1) is 0 Å². The molecule has 0 spiro atoms. The Kier molecular flexibility index (Phi) is 17.3. The number of phenolic OH excluding ortho intramolecular Hbond substituents is 1. The number of rotatable bonds is 16. The lowest BCUT2D eigenvalue weighted by Gasteiger charge is -2.25. The number of para-hydroxylation sites is 1. The molecule has 0 fully saturated rings. The zero-order chi connectivity index (χ0) is 28.2. The van der Waals surface area contributed by atoms with Crippen LogP contribution in [0.2, 0.25) is 0 Å². The van der Waals surface area contributed by atoms with E-state index in [1.165, 1.54) is 32.8 Å². The molecule has 38 heavy (non-hydrogen) atoms. The van der Waals surface area contributed by atoms with E-state index in [1.807, 2.05) is 30.3 Å². The Morgan fingerprint density at radius 2 is 1.58 bits per heavy atom. The van der Waals surface area contributed by atoms with E-state index in [9.17, 15) is 14.7 Å². The average molecular weight is 528 g/mol. The number of methoxy groups -OCH3 is 1. The number of carbonyl (C=O) groups excluding carboxylic acids is 2. The number of aromatic hydroxyl groups is 1. The van der Waals surface area contributed by atoms with Gasteiger partial charge in [-0.1, -0.05) is 77.1 Å². The summed E-state index contributed by atoms with van der Waals surface area (Å²) in [5.74, 6) is 0.700. The minimum Gasteiger partial charge on any atom is -0.504 e. The first-order valence-corrected chi connectivity index (χ1v) is 14.1. The van der Waals surface area contributed by atoms with Crippen LogP contribution in [0.1, 0.15) is 84.6 Å². The minimum atomic E-state index is 0.0793. The molecule has 3 N–H and O–H groups in total. The molecule has 7 nitrogen and oxygen atoms in total. The Morgan fingerprint density at radius 3 is 2.21 bits per heavy atom. The lowest BCUT2D eigenvalue weighted by atomic mass is 10.1. The van der Waals surface area contributed by atoms with Gasteiger partial charge in [-0.05, 0) is 56.3 Å². The molecule has 0 aliphatic carbocycles. The molecule has 2 amide bonds. The highest BCUT2D eigenvalue weighted by atomic mass is 16.5. The first-order chi connectivity index (χ1) is 18.3. The molecule has 2 aromatic rings. The van der Waals surface area contributed by atoms with Gasteiger partial charge in [0.1, 0.15) is 0 Å². The van der Waals surface area contributed by atoms with Crippen LogP contribution in [0.5, 0.6) is 11.5 Å². The standard InChI is InChI=1S/C17H27NO3.C14H22N2O/c1-3-4-5-6-7-8-9-17(20)18-13-14-10-11-15(19)16(12-14)21-2;1-4-16(5-2)12(3)11-14(17)15-13-9-7-6-8-10-13/h10-12,19H,3-9,13H2,1-2H3,(H,18,20);6-10,12H,4-5,11H2,1-3H3,(H,15,17). The lowest BCUT2D eigenvalue weighted by molar-refractivity contribution is -0.121. The Morgan fingerprint density at radius 1 is 0.921 bits per heavy atom. The van der Waals surface area contributed by atoms with Crippen LogP contribution in [0.25, 0.3) is 0 Å². The second-order valence-corrected chi connectivity index (χ2v) is 9.49. The third kappa shape index (κ3) is 14.0. The molecular formula is C31H49N3O4. The summed E-state index contributed by atoms with van der Waals surface area (Å²) in [7, 11) is 1.51. The number of benzene rings is 2. The topological polar surface area (TPSA) is 90.9 Å². The predicted molar refractivity (Wildman–Crippen MR) is 157 cm³/mol. The van der Waals surface area contributed by atoms with Gasteiger partial charge in [-0.3, -0.25) is 9.59 Å². The maximum Gasteiger partial charge on any atom is 0.225 e. The van der Waals surface area contributed by atoms with Crippen molar-refractivity contribution in [3.8, 4) is 11.5 Å². The fraction of sp³-hybridized carbons (Fsp3) is 0.548. The fourth-order valence-electron chi connectivity index (χ4n) is 4.16. The summed E-state index contributed by atoms with van der Waals surface area (Å²) in [6.45, 7) is 11.0. The van der Waals surface area contributed by atoms with Crippen LogP contribution in [-0.4, -0.2) is 48.1 Å². The van der Waals surface area contributed by atoms with Gasteiger partial charge in [0.25, 0.3) is 0 Å². The van der Waals surface area contributed by atoms with Crippen molar-refractivity contribution >= 4 is 17.5 Å². The van der Waals surface area contributed by atoms with E-state index in [0.717, 1.165) is 37.2 Å². The van der Waals surface area contributed by atoms with Crippen molar-refractivity contribution in [3.63, 3.8) is 0 Å². The van der Waals surface area contributed by atoms with Gasteiger partial charge in [-0.2, -0.15) is 0 Å². The maximum atomic E-state index is 11.8. The fourth-order valence-corrected chi connectivity index (χ4v) is 4.16. The summed E-state index contributed by atoms with van der Waals surface area (Å²) < 4.78 is 5.04. The van der Waals surface area contributed by atoms with Crippen LogP contribution in [0.4, 0.5) is 5.69 Å². The van der Waals surface area contributed by atoms with Gasteiger partial charge in [0.05, 0.1) is 7.11 Å². The van der Waals surface area contributed by atoms with Gasteiger partial charge in [0.2, 0.25) is 11.8 Å². The van der Waals surface area contributed by atoms with Crippen molar-refractivity contribution in [2.75, 3.05) is 25.5 Å². The van der Waals surface area contributed by atoms with E-state index in [2.05, 4.69) is 43.2 Å². The summed E-state index contributed by atoms with van der Waals surface area (Å²) in [6.07, 6.45) is 8.22. The Balaban J connectivity index is 0.000000389. The second kappa shape index (κ2) is 20.0. The summed E-state index contributed by atoms with van der Waals surface area (Å²) in [6, 6.07) is 15.0. The Hall–Kier alpha value is -3.06. The zero-order valence-corrected chi connectivity index (χ0v) is 24.1. The molecule has 212 valence electrons. The first-order valence-electron chi connectivity index (χ1n) is 14.1. The number of ether oxygens (including phenoxy) is 1. The monoisotopic (exact) mass is 527 g/mol. The number of amides is 2. The van der Waals surface area contributed by atoms with E-state index in [1.54, 1.807) is 18.2 Å². The first kappa shape index (κ1) is 33.0. The molecule has 2 aromatic carbocycles. The highest BCUT2D eigenvalue weighted by Gasteiger charge is 2.14. The number of nitrogens with one attached hydrogen (secondary N) is 2.